The van der Waals surface area contributed by atoms with Crippen LogP contribution in [-0.4, -0.2) is 40.3 Å². The average molecular weight is 255 g/mol. The minimum Gasteiger partial charge on any atom is -0.461 e. The Morgan fingerprint density at radius 1 is 1.11 bits per heavy atom. The molecular weight excluding hydrogens is 234 g/mol. The first-order chi connectivity index (χ1) is 8.47. The van der Waals surface area contributed by atoms with Crippen molar-refractivity contribution in [3.8, 4) is 6.01 Å². The smallest absolute Gasteiger partial charge is 0.323 e. The Morgan fingerprint density at radius 2 is 1.83 bits per heavy atom. The third kappa shape index (κ3) is 5.62. The molecule has 1 heterocycles. The Morgan fingerprint density at radius 3 is 2.44 bits per heavy atom. The minimum absolute atomic E-state index is 0.0103. The van der Waals surface area contributed by atoms with Gasteiger partial charge in [-0.3, -0.25) is 0 Å². The molecule has 0 bridgehead atoms. The second-order valence-electron chi connectivity index (χ2n) is 4.31. The van der Waals surface area contributed by atoms with Crippen LogP contribution in [0, 0.1) is 0 Å². The van der Waals surface area contributed by atoms with Crippen molar-refractivity contribution < 1.29 is 9.47 Å². The van der Waals surface area contributed by atoms with Gasteiger partial charge in [-0.1, -0.05) is 0 Å². The molecule has 0 saturated heterocycles. The van der Waals surface area contributed by atoms with Gasteiger partial charge >= 0.3 is 6.01 Å². The number of rotatable bonds is 7. The number of anilines is 2. The van der Waals surface area contributed by atoms with E-state index in [-0.39, 0.29) is 24.2 Å². The summed E-state index contributed by atoms with van der Waals surface area (Å²) in [5.41, 5.74) is 5.57. The molecule has 1 rings (SSSR count). The van der Waals surface area contributed by atoms with Gasteiger partial charge in [-0.2, -0.15) is 15.0 Å². The molecule has 0 aliphatic heterocycles. The number of hydrogen-bond acceptors (Lipinski definition) is 7. The first kappa shape index (κ1) is 14.4. The normalized spacial score (nSPS) is 11.0. The van der Waals surface area contributed by atoms with Crippen molar-refractivity contribution in [1.82, 2.24) is 15.0 Å². The van der Waals surface area contributed by atoms with Gasteiger partial charge in [0.05, 0.1) is 18.8 Å². The monoisotopic (exact) mass is 255 g/mol. The largest absolute Gasteiger partial charge is 0.461 e. The minimum atomic E-state index is -0.0103. The zero-order chi connectivity index (χ0) is 13.5. The Hall–Kier alpha value is -1.63. The Bertz CT molecular complexity index is 370. The van der Waals surface area contributed by atoms with E-state index in [4.69, 9.17) is 15.2 Å². The van der Waals surface area contributed by atoms with Gasteiger partial charge in [-0.15, -0.1) is 0 Å². The molecule has 3 N–H and O–H groups in total. The summed E-state index contributed by atoms with van der Waals surface area (Å²) in [7, 11) is 0. The van der Waals surface area contributed by atoms with Crippen molar-refractivity contribution in [1.29, 1.82) is 0 Å². The highest BCUT2D eigenvalue weighted by atomic mass is 16.5. The first-order valence-electron chi connectivity index (χ1n) is 6.01. The number of aromatic nitrogens is 3. The van der Waals surface area contributed by atoms with E-state index in [0.717, 1.165) is 0 Å². The molecule has 0 aliphatic carbocycles. The SMILES string of the molecule is CC(C)OCCNc1nc(N)nc(OC(C)C)n1. The number of nitrogens with one attached hydrogen (secondary N) is 1. The van der Waals surface area contributed by atoms with Crippen molar-refractivity contribution >= 4 is 11.9 Å². The summed E-state index contributed by atoms with van der Waals surface area (Å²) < 4.78 is 10.8. The molecule has 1 aromatic rings. The van der Waals surface area contributed by atoms with Crippen molar-refractivity contribution in [2.24, 2.45) is 0 Å². The second kappa shape index (κ2) is 6.95. The molecule has 7 heteroatoms. The fourth-order valence-electron chi connectivity index (χ4n) is 1.17. The lowest BCUT2D eigenvalue weighted by Crippen LogP contribution is -2.16. The van der Waals surface area contributed by atoms with Crippen LogP contribution >= 0.6 is 0 Å². The van der Waals surface area contributed by atoms with Gasteiger partial charge < -0.3 is 20.5 Å². The van der Waals surface area contributed by atoms with Gasteiger partial charge in [0.25, 0.3) is 0 Å². The predicted octanol–water partition coefficient (Wildman–Crippen LogP) is 1.08. The molecule has 0 fully saturated rings. The summed E-state index contributed by atoms with van der Waals surface area (Å²) in [4.78, 5) is 12.0. The average Bonchev–Trinajstić information content (AvgIpc) is 2.22. The zero-order valence-electron chi connectivity index (χ0n) is 11.3. The lowest BCUT2D eigenvalue weighted by atomic mass is 10.5. The summed E-state index contributed by atoms with van der Waals surface area (Å²) >= 11 is 0. The lowest BCUT2D eigenvalue weighted by Gasteiger charge is -2.11. The van der Waals surface area contributed by atoms with Crippen LogP contribution in [0.4, 0.5) is 11.9 Å². The fourth-order valence-corrected chi connectivity index (χ4v) is 1.17. The van der Waals surface area contributed by atoms with Crippen molar-refractivity contribution in [2.75, 3.05) is 24.2 Å². The number of nitrogen functional groups attached to an aromatic ring is 1. The molecule has 0 unspecified atom stereocenters. The third-order valence-electron chi connectivity index (χ3n) is 1.81. The van der Waals surface area contributed by atoms with Crippen LogP contribution in [0.1, 0.15) is 27.7 Å². The molecule has 1 aromatic heterocycles. The van der Waals surface area contributed by atoms with Crippen molar-refractivity contribution in [3.05, 3.63) is 0 Å². The Kier molecular flexibility index (Phi) is 5.57. The van der Waals surface area contributed by atoms with Crippen LogP contribution in [0.2, 0.25) is 0 Å². The van der Waals surface area contributed by atoms with Gasteiger partial charge in [0.1, 0.15) is 0 Å². The molecule has 0 atom stereocenters. The van der Waals surface area contributed by atoms with Crippen LogP contribution in [0.25, 0.3) is 0 Å². The van der Waals surface area contributed by atoms with E-state index >= 15 is 0 Å². The first-order valence-corrected chi connectivity index (χ1v) is 6.01. The van der Waals surface area contributed by atoms with Crippen LogP contribution < -0.4 is 15.8 Å². The highest BCUT2D eigenvalue weighted by Crippen LogP contribution is 2.10. The molecule has 0 spiro atoms. The van der Waals surface area contributed by atoms with E-state index < -0.39 is 0 Å². The molecular formula is C11H21N5O2. The van der Waals surface area contributed by atoms with E-state index in [1.165, 1.54) is 0 Å². The fraction of sp³-hybridized carbons (Fsp3) is 0.727. The van der Waals surface area contributed by atoms with Crippen LogP contribution in [0.3, 0.4) is 0 Å². The van der Waals surface area contributed by atoms with Crippen LogP contribution in [0.5, 0.6) is 6.01 Å². The number of hydrogen-bond donors (Lipinski definition) is 2. The molecule has 0 radical (unpaired) electrons. The Labute approximate surface area is 107 Å². The van der Waals surface area contributed by atoms with Gasteiger partial charge in [0, 0.05) is 6.54 Å². The van der Waals surface area contributed by atoms with E-state index in [1.54, 1.807) is 0 Å². The van der Waals surface area contributed by atoms with Gasteiger partial charge in [-0.05, 0) is 27.7 Å². The van der Waals surface area contributed by atoms with E-state index in [2.05, 4.69) is 20.3 Å². The maximum atomic E-state index is 5.57. The summed E-state index contributed by atoms with van der Waals surface area (Å²) in [6, 6.07) is 0.227. The van der Waals surface area contributed by atoms with E-state index in [9.17, 15) is 0 Å². The molecule has 0 saturated carbocycles. The maximum absolute atomic E-state index is 5.57. The van der Waals surface area contributed by atoms with Gasteiger partial charge in [-0.25, -0.2) is 0 Å². The highest BCUT2D eigenvalue weighted by Gasteiger charge is 2.06. The summed E-state index contributed by atoms with van der Waals surface area (Å²) in [5, 5.41) is 3.01. The molecule has 0 aromatic carbocycles. The zero-order valence-corrected chi connectivity index (χ0v) is 11.3. The maximum Gasteiger partial charge on any atom is 0.323 e. The number of ether oxygens (including phenoxy) is 2. The molecule has 0 aliphatic rings. The number of nitrogens with two attached hydrogens (primary N) is 1. The molecule has 102 valence electrons. The summed E-state index contributed by atoms with van der Waals surface area (Å²) in [6.45, 7) is 8.92. The van der Waals surface area contributed by atoms with Gasteiger partial charge in [0.2, 0.25) is 11.9 Å². The topological polar surface area (TPSA) is 95.2 Å². The van der Waals surface area contributed by atoms with Crippen molar-refractivity contribution in [3.63, 3.8) is 0 Å². The standard InChI is InChI=1S/C11H21N5O2/c1-7(2)17-6-5-13-10-14-9(12)15-11(16-10)18-8(3)4/h7-8H,5-6H2,1-4H3,(H3,12,13,14,15,16). The van der Waals surface area contributed by atoms with Gasteiger partial charge in [0.15, 0.2) is 0 Å². The second-order valence-corrected chi connectivity index (χ2v) is 4.31. The Balaban J connectivity index is 2.51. The molecule has 18 heavy (non-hydrogen) atoms. The highest BCUT2D eigenvalue weighted by molar-refractivity contribution is 5.32. The van der Waals surface area contributed by atoms with Crippen molar-refractivity contribution in [2.45, 2.75) is 39.9 Å². The van der Waals surface area contributed by atoms with Crippen LogP contribution in [-0.2, 0) is 4.74 Å². The molecule has 0 amide bonds. The van der Waals surface area contributed by atoms with E-state index in [0.29, 0.717) is 19.1 Å². The molecule has 7 nitrogen and oxygen atoms in total. The summed E-state index contributed by atoms with van der Waals surface area (Å²) in [6.07, 6.45) is 0.194. The van der Waals surface area contributed by atoms with E-state index in [1.807, 2.05) is 27.7 Å². The van der Waals surface area contributed by atoms with Crippen LogP contribution in [0.15, 0.2) is 0 Å². The number of nitrogens with zero attached hydrogens (tertiary/aromatic N) is 3. The third-order valence-corrected chi connectivity index (χ3v) is 1.81. The lowest BCUT2D eigenvalue weighted by molar-refractivity contribution is 0.0869. The predicted molar refractivity (Wildman–Crippen MR) is 69.6 cm³/mol. The quantitative estimate of drug-likeness (QED) is 0.704. The summed E-state index contributed by atoms with van der Waals surface area (Å²) in [5.74, 6) is 0.526.